The van der Waals surface area contributed by atoms with Crippen LogP contribution in [0.5, 0.6) is 23.0 Å². The molecular formula is C29H36O8. The Morgan fingerprint density at radius 2 is 1.14 bits per heavy atom. The van der Waals surface area contributed by atoms with Gasteiger partial charge in [0, 0.05) is 39.8 Å². The molecular weight excluding hydrogens is 476 g/mol. The summed E-state index contributed by atoms with van der Waals surface area (Å²) in [7, 11) is 0. The zero-order chi connectivity index (χ0) is 27.9. The monoisotopic (exact) mass is 512 g/mol. The number of aliphatic hydroxyl groups is 2. The van der Waals surface area contributed by atoms with Gasteiger partial charge in [-0.15, -0.1) is 0 Å². The summed E-state index contributed by atoms with van der Waals surface area (Å²) in [5, 5.41) is 19.6. The number of hydrogen-bond donors (Lipinski definition) is 2. The van der Waals surface area contributed by atoms with Gasteiger partial charge in [-0.3, -0.25) is 0 Å². The maximum atomic E-state index is 12.0. The highest BCUT2D eigenvalue weighted by atomic mass is 16.5. The molecule has 0 saturated carbocycles. The average molecular weight is 513 g/mol. The van der Waals surface area contributed by atoms with E-state index in [1.807, 2.05) is 13.8 Å². The Bertz CT molecular complexity index is 1070. The fourth-order valence-electron chi connectivity index (χ4n) is 3.36. The van der Waals surface area contributed by atoms with Gasteiger partial charge in [0.05, 0.1) is 12.2 Å². The quantitative estimate of drug-likeness (QED) is 0.243. The molecule has 200 valence electrons. The Hall–Kier alpha value is -3.62. The number of hydrogen-bond acceptors (Lipinski definition) is 8. The lowest BCUT2D eigenvalue weighted by Gasteiger charge is -2.31. The summed E-state index contributed by atoms with van der Waals surface area (Å²) in [6, 6.07) is 10.00. The van der Waals surface area contributed by atoms with Crippen molar-refractivity contribution < 1.29 is 38.7 Å². The highest BCUT2D eigenvalue weighted by Gasteiger charge is 2.31. The Morgan fingerprint density at radius 3 is 1.43 bits per heavy atom. The Labute approximate surface area is 218 Å². The van der Waals surface area contributed by atoms with E-state index >= 15 is 0 Å². The molecule has 37 heavy (non-hydrogen) atoms. The zero-order valence-electron chi connectivity index (χ0n) is 22.3. The van der Waals surface area contributed by atoms with Crippen LogP contribution in [-0.4, -0.2) is 47.6 Å². The van der Waals surface area contributed by atoms with Gasteiger partial charge in [-0.25, -0.2) is 9.59 Å². The molecule has 2 aromatic carbocycles. The van der Waals surface area contributed by atoms with Crippen molar-refractivity contribution in [3.63, 3.8) is 0 Å². The van der Waals surface area contributed by atoms with Crippen molar-refractivity contribution in [2.45, 2.75) is 59.2 Å². The number of aliphatic hydroxyl groups excluding tert-OH is 2. The van der Waals surface area contributed by atoms with Crippen molar-refractivity contribution in [2.75, 3.05) is 13.2 Å². The summed E-state index contributed by atoms with van der Waals surface area (Å²) in [6.45, 7) is 17.4. The van der Waals surface area contributed by atoms with E-state index in [2.05, 4.69) is 13.2 Å². The van der Waals surface area contributed by atoms with Crippen LogP contribution in [0, 0.1) is 0 Å². The van der Waals surface area contributed by atoms with Gasteiger partial charge in [-0.1, -0.05) is 39.1 Å². The minimum atomic E-state index is -0.740. The molecule has 0 aliphatic rings. The second-order valence-corrected chi connectivity index (χ2v) is 9.60. The SMILES string of the molecule is C=C(C)C(=O)Oc1ccc(C(C)(C)c2ccc(OC(=O)C(=C)C)cc2OCC(C)O)c(OCC(C)O)c1. The van der Waals surface area contributed by atoms with Crippen LogP contribution in [0.15, 0.2) is 60.7 Å². The van der Waals surface area contributed by atoms with Crippen LogP contribution in [-0.2, 0) is 15.0 Å². The first-order valence-corrected chi connectivity index (χ1v) is 11.9. The van der Waals surface area contributed by atoms with Gasteiger partial charge in [0.15, 0.2) is 0 Å². The summed E-state index contributed by atoms with van der Waals surface area (Å²) < 4.78 is 22.5. The first-order chi connectivity index (χ1) is 17.2. The van der Waals surface area contributed by atoms with E-state index < -0.39 is 29.6 Å². The van der Waals surface area contributed by atoms with E-state index in [1.54, 1.807) is 64.1 Å². The minimum Gasteiger partial charge on any atom is -0.490 e. The molecule has 8 heteroatoms. The van der Waals surface area contributed by atoms with E-state index in [0.29, 0.717) is 11.5 Å². The molecule has 0 amide bonds. The van der Waals surface area contributed by atoms with Crippen LogP contribution in [0.1, 0.15) is 52.7 Å². The van der Waals surface area contributed by atoms with E-state index in [9.17, 15) is 19.8 Å². The molecule has 0 saturated heterocycles. The van der Waals surface area contributed by atoms with Gasteiger partial charge in [0.2, 0.25) is 0 Å². The molecule has 2 aromatic rings. The lowest BCUT2D eigenvalue weighted by atomic mass is 9.77. The topological polar surface area (TPSA) is 112 Å². The van der Waals surface area contributed by atoms with Crippen molar-refractivity contribution in [3.05, 3.63) is 71.8 Å². The number of carbonyl (C=O) groups is 2. The molecule has 8 nitrogen and oxygen atoms in total. The van der Waals surface area contributed by atoms with Crippen LogP contribution in [0.2, 0.25) is 0 Å². The number of carbonyl (C=O) groups excluding carboxylic acids is 2. The van der Waals surface area contributed by atoms with Gasteiger partial charge in [0.1, 0.15) is 36.2 Å². The molecule has 0 aliphatic carbocycles. The van der Waals surface area contributed by atoms with E-state index in [0.717, 1.165) is 11.1 Å². The summed E-state index contributed by atoms with van der Waals surface area (Å²) in [5.74, 6) is 0.195. The van der Waals surface area contributed by atoms with Gasteiger partial charge in [-0.05, 0) is 39.8 Å². The smallest absolute Gasteiger partial charge is 0.338 e. The van der Waals surface area contributed by atoms with Crippen LogP contribution in [0.4, 0.5) is 0 Å². The molecule has 0 radical (unpaired) electrons. The first-order valence-electron chi connectivity index (χ1n) is 11.9. The van der Waals surface area contributed by atoms with Crippen LogP contribution < -0.4 is 18.9 Å². The second-order valence-electron chi connectivity index (χ2n) is 9.60. The Kier molecular flexibility index (Phi) is 10.1. The van der Waals surface area contributed by atoms with Crippen molar-refractivity contribution in [2.24, 2.45) is 0 Å². The van der Waals surface area contributed by atoms with Crippen LogP contribution in [0.25, 0.3) is 0 Å². The van der Waals surface area contributed by atoms with E-state index in [-0.39, 0.29) is 35.9 Å². The molecule has 0 bridgehead atoms. The molecule has 2 N–H and O–H groups in total. The van der Waals surface area contributed by atoms with Crippen molar-refractivity contribution in [1.82, 2.24) is 0 Å². The maximum absolute atomic E-state index is 12.0. The summed E-state index contributed by atoms with van der Waals surface area (Å²) in [6.07, 6.45) is -1.46. The molecule has 0 aliphatic heterocycles. The predicted octanol–water partition coefficient (Wildman–Crippen LogP) is 4.49. The molecule has 2 atom stereocenters. The molecule has 0 spiro atoms. The first kappa shape index (κ1) is 29.6. The second kappa shape index (κ2) is 12.6. The number of rotatable bonds is 12. The highest BCUT2D eigenvalue weighted by Crippen LogP contribution is 2.44. The van der Waals surface area contributed by atoms with Crippen LogP contribution >= 0.6 is 0 Å². The van der Waals surface area contributed by atoms with E-state index in [4.69, 9.17) is 18.9 Å². The van der Waals surface area contributed by atoms with Crippen molar-refractivity contribution in [3.8, 4) is 23.0 Å². The third kappa shape index (κ3) is 8.20. The molecule has 0 fully saturated rings. The standard InChI is InChI=1S/C29H36O8/c1-17(2)27(32)36-21-9-11-23(25(13-21)34-15-19(5)30)29(7,8)24-12-10-22(37-28(33)18(3)4)14-26(24)35-16-20(6)31/h9-14,19-20,30-31H,1,3,15-16H2,2,4-8H3. The number of benzene rings is 2. The maximum Gasteiger partial charge on any atom is 0.338 e. The number of esters is 2. The van der Waals surface area contributed by atoms with Crippen molar-refractivity contribution >= 4 is 11.9 Å². The number of ether oxygens (including phenoxy) is 4. The third-order valence-electron chi connectivity index (χ3n) is 5.33. The summed E-state index contributed by atoms with van der Waals surface area (Å²) >= 11 is 0. The Balaban J connectivity index is 2.58. The average Bonchev–Trinajstić information content (AvgIpc) is 2.81. The third-order valence-corrected chi connectivity index (χ3v) is 5.33. The summed E-state index contributed by atoms with van der Waals surface area (Å²) in [4.78, 5) is 24.1. The largest absolute Gasteiger partial charge is 0.490 e. The van der Waals surface area contributed by atoms with Gasteiger partial charge in [-0.2, -0.15) is 0 Å². The molecule has 0 heterocycles. The van der Waals surface area contributed by atoms with E-state index in [1.165, 1.54) is 0 Å². The zero-order valence-corrected chi connectivity index (χ0v) is 22.3. The van der Waals surface area contributed by atoms with Gasteiger partial charge >= 0.3 is 11.9 Å². The van der Waals surface area contributed by atoms with Gasteiger partial charge < -0.3 is 29.2 Å². The predicted molar refractivity (Wildman–Crippen MR) is 140 cm³/mol. The molecule has 0 aromatic heterocycles. The fraction of sp³-hybridized carbons (Fsp3) is 0.379. The lowest BCUT2D eigenvalue weighted by Crippen LogP contribution is -2.24. The van der Waals surface area contributed by atoms with Crippen LogP contribution in [0.3, 0.4) is 0 Å². The Morgan fingerprint density at radius 1 is 0.784 bits per heavy atom. The molecule has 2 unspecified atom stereocenters. The summed E-state index contributed by atoms with van der Waals surface area (Å²) in [5.41, 5.74) is 1.20. The normalized spacial score (nSPS) is 12.8. The fourth-order valence-corrected chi connectivity index (χ4v) is 3.36. The lowest BCUT2D eigenvalue weighted by molar-refractivity contribution is -0.130. The molecule has 2 rings (SSSR count). The minimum absolute atomic E-state index is 0.0160. The highest BCUT2D eigenvalue weighted by molar-refractivity contribution is 5.89. The van der Waals surface area contributed by atoms with Crippen molar-refractivity contribution in [1.29, 1.82) is 0 Å². The van der Waals surface area contributed by atoms with Gasteiger partial charge in [0.25, 0.3) is 0 Å².